The van der Waals surface area contributed by atoms with Crippen molar-refractivity contribution in [1.29, 1.82) is 0 Å². The van der Waals surface area contributed by atoms with Crippen molar-refractivity contribution >= 4 is 17.3 Å². The monoisotopic (exact) mass is 316 g/mol. The van der Waals surface area contributed by atoms with E-state index in [9.17, 15) is 13.6 Å². The fourth-order valence-corrected chi connectivity index (χ4v) is 2.92. The molecule has 0 radical (unpaired) electrons. The molecule has 3 nitrogen and oxygen atoms in total. The minimum Gasteiger partial charge on any atom is -0.371 e. The minimum absolute atomic E-state index is 0.0296. The van der Waals surface area contributed by atoms with E-state index in [4.69, 9.17) is 0 Å². The molecule has 0 aliphatic carbocycles. The lowest BCUT2D eigenvalue weighted by molar-refractivity contribution is -0.118. The van der Waals surface area contributed by atoms with Crippen LogP contribution >= 0.6 is 0 Å². The van der Waals surface area contributed by atoms with E-state index in [1.807, 2.05) is 11.9 Å². The van der Waals surface area contributed by atoms with E-state index in [2.05, 4.69) is 0 Å². The van der Waals surface area contributed by atoms with Gasteiger partial charge in [0.25, 0.3) is 0 Å². The average Bonchev–Trinajstić information content (AvgIpc) is 2.51. The second-order valence-electron chi connectivity index (χ2n) is 5.81. The molecule has 1 aliphatic rings. The van der Waals surface area contributed by atoms with Gasteiger partial charge in [0.1, 0.15) is 11.6 Å². The number of nitrogens with zero attached hydrogens (tertiary/aromatic N) is 2. The molecular weight excluding hydrogens is 298 g/mol. The highest BCUT2D eigenvalue weighted by Crippen LogP contribution is 2.33. The molecule has 0 saturated carbocycles. The molecule has 1 amide bonds. The third kappa shape index (κ3) is 2.91. The van der Waals surface area contributed by atoms with Crippen LogP contribution in [0.5, 0.6) is 0 Å². The molecule has 0 saturated heterocycles. The van der Waals surface area contributed by atoms with Crippen molar-refractivity contribution in [2.45, 2.75) is 13.3 Å². The molecule has 0 unspecified atom stereocenters. The summed E-state index contributed by atoms with van der Waals surface area (Å²) >= 11 is 0. The Morgan fingerprint density at radius 1 is 1.13 bits per heavy atom. The maximum Gasteiger partial charge on any atom is 0.231 e. The Labute approximate surface area is 134 Å². The predicted octanol–water partition coefficient (Wildman–Crippen LogP) is 3.30. The fraction of sp³-hybridized carbons (Fsp3) is 0.278. The Morgan fingerprint density at radius 3 is 2.65 bits per heavy atom. The molecule has 0 atom stereocenters. The number of carbonyl (C=O) groups is 1. The minimum atomic E-state index is -0.390. The second-order valence-corrected chi connectivity index (χ2v) is 5.81. The number of rotatable bonds is 2. The quantitative estimate of drug-likeness (QED) is 0.849. The number of anilines is 2. The number of fused-ring (bicyclic) bond motifs is 1. The number of likely N-dealkylation sites (N-methyl/N-ethyl adjacent to an activating group) is 1. The summed E-state index contributed by atoms with van der Waals surface area (Å²) in [4.78, 5) is 16.2. The van der Waals surface area contributed by atoms with Crippen LogP contribution in [-0.4, -0.2) is 26.0 Å². The van der Waals surface area contributed by atoms with Crippen LogP contribution in [0.4, 0.5) is 20.2 Å². The van der Waals surface area contributed by atoms with Crippen LogP contribution in [0.3, 0.4) is 0 Å². The third-order valence-electron chi connectivity index (χ3n) is 4.28. The molecule has 2 aromatic rings. The van der Waals surface area contributed by atoms with E-state index in [1.54, 1.807) is 30.0 Å². The highest BCUT2D eigenvalue weighted by Gasteiger charge is 2.26. The Kier molecular flexibility index (Phi) is 4.03. The average molecular weight is 316 g/mol. The maximum atomic E-state index is 14.0. The summed E-state index contributed by atoms with van der Waals surface area (Å²) < 4.78 is 27.6. The first kappa shape index (κ1) is 15.5. The van der Waals surface area contributed by atoms with Crippen LogP contribution in [0.1, 0.15) is 11.1 Å². The summed E-state index contributed by atoms with van der Waals surface area (Å²) in [5.74, 6) is -0.996. The highest BCUT2D eigenvalue weighted by atomic mass is 19.1. The Bertz CT molecular complexity index is 740. The van der Waals surface area contributed by atoms with Crippen molar-refractivity contribution in [3.8, 4) is 0 Å². The third-order valence-corrected chi connectivity index (χ3v) is 4.28. The molecule has 0 aromatic heterocycles. The molecular formula is C18H18F2N2O. The van der Waals surface area contributed by atoms with Gasteiger partial charge >= 0.3 is 0 Å². The zero-order valence-electron chi connectivity index (χ0n) is 13.1. The van der Waals surface area contributed by atoms with E-state index >= 15 is 0 Å². The van der Waals surface area contributed by atoms with E-state index in [-0.39, 0.29) is 24.0 Å². The molecule has 0 bridgehead atoms. The van der Waals surface area contributed by atoms with E-state index in [1.165, 1.54) is 18.2 Å². The molecule has 2 aromatic carbocycles. The first-order valence-electron chi connectivity index (χ1n) is 7.52. The van der Waals surface area contributed by atoms with Crippen molar-refractivity contribution in [1.82, 2.24) is 0 Å². The van der Waals surface area contributed by atoms with Gasteiger partial charge in [-0.05, 0) is 36.8 Å². The largest absolute Gasteiger partial charge is 0.371 e. The standard InChI is InChI=1S/C18H18F2N2O/c1-12-4-3-5-15(20)14(12)11-18(23)22-9-8-21(2)16-7-6-13(19)10-17(16)22/h3-7,10H,8-9,11H2,1-2H3. The lowest BCUT2D eigenvalue weighted by atomic mass is 10.0. The van der Waals surface area contributed by atoms with Gasteiger partial charge in [0.15, 0.2) is 0 Å². The molecule has 0 spiro atoms. The van der Waals surface area contributed by atoms with Gasteiger partial charge in [0.05, 0.1) is 17.8 Å². The van der Waals surface area contributed by atoms with Crippen molar-refractivity contribution in [2.24, 2.45) is 0 Å². The van der Waals surface area contributed by atoms with Crippen LogP contribution in [0.2, 0.25) is 0 Å². The molecule has 0 N–H and O–H groups in total. The Morgan fingerprint density at radius 2 is 1.91 bits per heavy atom. The highest BCUT2D eigenvalue weighted by molar-refractivity contribution is 5.99. The van der Waals surface area contributed by atoms with Crippen molar-refractivity contribution in [3.63, 3.8) is 0 Å². The molecule has 0 fully saturated rings. The number of hydrogen-bond acceptors (Lipinski definition) is 2. The normalized spacial score (nSPS) is 13.9. The zero-order chi connectivity index (χ0) is 16.6. The lowest BCUT2D eigenvalue weighted by Crippen LogP contribution is -2.43. The second kappa shape index (κ2) is 5.99. The summed E-state index contributed by atoms with van der Waals surface area (Å²) in [6.07, 6.45) is -0.0296. The van der Waals surface area contributed by atoms with Gasteiger partial charge in [-0.15, -0.1) is 0 Å². The Hall–Kier alpha value is -2.43. The van der Waals surface area contributed by atoms with Gasteiger partial charge in [-0.2, -0.15) is 0 Å². The van der Waals surface area contributed by atoms with Gasteiger partial charge in [-0.3, -0.25) is 4.79 Å². The number of carbonyl (C=O) groups excluding carboxylic acids is 1. The maximum absolute atomic E-state index is 14.0. The molecule has 1 heterocycles. The summed E-state index contributed by atoms with van der Waals surface area (Å²) in [6.45, 7) is 2.89. The summed E-state index contributed by atoms with van der Waals surface area (Å²) in [5.41, 5.74) is 2.48. The van der Waals surface area contributed by atoms with Crippen LogP contribution in [-0.2, 0) is 11.2 Å². The number of halogens is 2. The SMILES string of the molecule is Cc1cccc(F)c1CC(=O)N1CCN(C)c2ccc(F)cc21. The van der Waals surface area contributed by atoms with Gasteiger partial charge in [0.2, 0.25) is 5.91 Å². The fourth-order valence-electron chi connectivity index (χ4n) is 2.92. The van der Waals surface area contributed by atoms with Crippen LogP contribution in [0.25, 0.3) is 0 Å². The van der Waals surface area contributed by atoms with Crippen molar-refractivity contribution < 1.29 is 13.6 Å². The summed E-state index contributed by atoms with van der Waals surface area (Å²) in [7, 11) is 1.90. The number of amides is 1. The van der Waals surface area contributed by atoms with Gasteiger partial charge in [0, 0.05) is 25.7 Å². The first-order chi connectivity index (χ1) is 11.0. The van der Waals surface area contributed by atoms with Gasteiger partial charge in [-0.1, -0.05) is 12.1 Å². The van der Waals surface area contributed by atoms with Gasteiger partial charge < -0.3 is 9.80 Å². The van der Waals surface area contributed by atoms with E-state index < -0.39 is 0 Å². The number of aryl methyl sites for hydroxylation is 1. The molecule has 3 rings (SSSR count). The number of benzene rings is 2. The zero-order valence-corrected chi connectivity index (χ0v) is 13.1. The molecule has 1 aliphatic heterocycles. The van der Waals surface area contributed by atoms with Crippen molar-refractivity contribution in [2.75, 3.05) is 29.9 Å². The smallest absolute Gasteiger partial charge is 0.231 e. The molecule has 5 heteroatoms. The van der Waals surface area contributed by atoms with Gasteiger partial charge in [-0.25, -0.2) is 8.78 Å². The predicted molar refractivity (Wildman–Crippen MR) is 86.9 cm³/mol. The molecule has 23 heavy (non-hydrogen) atoms. The lowest BCUT2D eigenvalue weighted by Gasteiger charge is -2.35. The number of hydrogen-bond donors (Lipinski definition) is 0. The molecule has 120 valence electrons. The van der Waals surface area contributed by atoms with E-state index in [0.717, 1.165) is 11.3 Å². The van der Waals surface area contributed by atoms with Crippen molar-refractivity contribution in [3.05, 3.63) is 59.2 Å². The van der Waals surface area contributed by atoms with E-state index in [0.29, 0.717) is 24.3 Å². The Balaban J connectivity index is 1.92. The first-order valence-corrected chi connectivity index (χ1v) is 7.52. The topological polar surface area (TPSA) is 23.6 Å². The summed E-state index contributed by atoms with van der Waals surface area (Å²) in [5, 5.41) is 0. The van der Waals surface area contributed by atoms with Crippen LogP contribution in [0.15, 0.2) is 36.4 Å². The summed E-state index contributed by atoms with van der Waals surface area (Å²) in [6, 6.07) is 9.16. The van der Waals surface area contributed by atoms with Crippen LogP contribution < -0.4 is 9.80 Å². The van der Waals surface area contributed by atoms with Crippen LogP contribution in [0, 0.1) is 18.6 Å².